The minimum Gasteiger partial charge on any atom is -0.481 e. The van der Waals surface area contributed by atoms with Crippen molar-refractivity contribution >= 4 is 22.6 Å². The summed E-state index contributed by atoms with van der Waals surface area (Å²) in [6, 6.07) is 5.15. The van der Waals surface area contributed by atoms with Gasteiger partial charge in [0.2, 0.25) is 0 Å². The van der Waals surface area contributed by atoms with E-state index >= 15 is 0 Å². The molecular formula is C15H13F3N2O2. The van der Waals surface area contributed by atoms with Crippen LogP contribution >= 0.6 is 0 Å². The molecule has 0 aliphatic carbocycles. The van der Waals surface area contributed by atoms with E-state index in [-0.39, 0.29) is 5.52 Å². The summed E-state index contributed by atoms with van der Waals surface area (Å²) in [5.41, 5.74) is 0.239. The Morgan fingerprint density at radius 3 is 2.73 bits per heavy atom. The van der Waals surface area contributed by atoms with Crippen LogP contribution in [0.2, 0.25) is 0 Å². The number of aromatic nitrogens is 1. The lowest BCUT2D eigenvalue weighted by atomic mass is 10.1. The fourth-order valence-electron chi connectivity index (χ4n) is 2.77. The molecule has 1 N–H and O–H groups in total. The first-order valence-electron chi connectivity index (χ1n) is 6.80. The lowest BCUT2D eigenvalue weighted by molar-refractivity contribution is -0.141. The van der Waals surface area contributed by atoms with Gasteiger partial charge in [-0.05, 0) is 24.6 Å². The van der Waals surface area contributed by atoms with Gasteiger partial charge in [-0.2, -0.15) is 13.2 Å². The molecule has 1 fully saturated rings. The second-order valence-electron chi connectivity index (χ2n) is 5.33. The standard InChI is InChI=1S/C15H13F3N2O2/c16-15(17,18)10-1-2-11-12(7-10)19-5-3-13(11)20-6-4-9(8-20)14(21)22/h1-3,5,7,9H,4,6,8H2,(H,21,22). The highest BCUT2D eigenvalue weighted by molar-refractivity contribution is 5.92. The van der Waals surface area contributed by atoms with Gasteiger partial charge in [0.1, 0.15) is 0 Å². The molecule has 22 heavy (non-hydrogen) atoms. The topological polar surface area (TPSA) is 53.4 Å². The third-order valence-corrected chi connectivity index (χ3v) is 3.93. The molecule has 1 aliphatic heterocycles. The van der Waals surface area contributed by atoms with E-state index in [1.165, 1.54) is 12.3 Å². The van der Waals surface area contributed by atoms with Gasteiger partial charge in [0.25, 0.3) is 0 Å². The average Bonchev–Trinajstić information content (AvgIpc) is 2.95. The van der Waals surface area contributed by atoms with E-state index in [0.717, 1.165) is 17.8 Å². The number of alkyl halides is 3. The molecule has 2 heterocycles. The number of anilines is 1. The van der Waals surface area contributed by atoms with Crippen LogP contribution in [0.3, 0.4) is 0 Å². The molecule has 116 valence electrons. The maximum atomic E-state index is 12.8. The molecule has 3 rings (SSSR count). The smallest absolute Gasteiger partial charge is 0.416 e. The summed E-state index contributed by atoms with van der Waals surface area (Å²) < 4.78 is 38.3. The molecule has 7 heteroatoms. The number of pyridine rings is 1. The van der Waals surface area contributed by atoms with Gasteiger partial charge in [0.05, 0.1) is 17.0 Å². The summed E-state index contributed by atoms with van der Waals surface area (Å²) in [4.78, 5) is 16.9. The number of halogens is 3. The van der Waals surface area contributed by atoms with Crippen molar-refractivity contribution < 1.29 is 23.1 Å². The Morgan fingerprint density at radius 2 is 2.09 bits per heavy atom. The number of nitrogens with zero attached hydrogens (tertiary/aromatic N) is 2. The van der Waals surface area contributed by atoms with Gasteiger partial charge in [-0.3, -0.25) is 9.78 Å². The first-order chi connectivity index (χ1) is 10.4. The Bertz CT molecular complexity index is 730. The third kappa shape index (κ3) is 2.58. The average molecular weight is 310 g/mol. The third-order valence-electron chi connectivity index (χ3n) is 3.93. The van der Waals surface area contributed by atoms with Crippen LogP contribution in [-0.4, -0.2) is 29.1 Å². The van der Waals surface area contributed by atoms with Gasteiger partial charge in [0, 0.05) is 30.4 Å². The highest BCUT2D eigenvalue weighted by Crippen LogP contribution is 2.34. The molecule has 1 unspecified atom stereocenters. The number of benzene rings is 1. The van der Waals surface area contributed by atoms with E-state index in [2.05, 4.69) is 4.98 Å². The minimum atomic E-state index is -4.41. The maximum Gasteiger partial charge on any atom is 0.416 e. The first-order valence-corrected chi connectivity index (χ1v) is 6.80. The van der Waals surface area contributed by atoms with Crippen LogP contribution in [0.5, 0.6) is 0 Å². The highest BCUT2D eigenvalue weighted by atomic mass is 19.4. The molecule has 1 aromatic carbocycles. The van der Waals surface area contributed by atoms with E-state index in [4.69, 9.17) is 5.11 Å². The van der Waals surface area contributed by atoms with E-state index in [0.29, 0.717) is 24.9 Å². The van der Waals surface area contributed by atoms with Crippen molar-refractivity contribution in [3.05, 3.63) is 36.0 Å². The van der Waals surface area contributed by atoms with Crippen molar-refractivity contribution in [3.8, 4) is 0 Å². The summed E-state index contributed by atoms with van der Waals surface area (Å²) in [6.45, 7) is 0.923. The molecule has 1 atom stereocenters. The van der Waals surface area contributed by atoms with E-state index in [9.17, 15) is 18.0 Å². The molecule has 4 nitrogen and oxygen atoms in total. The van der Waals surface area contributed by atoms with Crippen LogP contribution in [0.1, 0.15) is 12.0 Å². The summed E-state index contributed by atoms with van der Waals surface area (Å²) in [7, 11) is 0. The molecule has 0 saturated carbocycles. The molecule has 1 aliphatic rings. The Hall–Kier alpha value is -2.31. The van der Waals surface area contributed by atoms with Gasteiger partial charge in [-0.25, -0.2) is 0 Å². The Morgan fingerprint density at radius 1 is 1.32 bits per heavy atom. The van der Waals surface area contributed by atoms with Crippen molar-refractivity contribution in [2.24, 2.45) is 5.92 Å². The second kappa shape index (κ2) is 5.15. The van der Waals surface area contributed by atoms with Crippen LogP contribution in [0.4, 0.5) is 18.9 Å². The van der Waals surface area contributed by atoms with Crippen molar-refractivity contribution in [1.29, 1.82) is 0 Å². The second-order valence-corrected chi connectivity index (χ2v) is 5.33. The molecule has 0 bridgehead atoms. The lowest BCUT2D eigenvalue weighted by Crippen LogP contribution is -2.22. The predicted molar refractivity (Wildman–Crippen MR) is 74.7 cm³/mol. The zero-order valence-electron chi connectivity index (χ0n) is 11.5. The fraction of sp³-hybridized carbons (Fsp3) is 0.333. The normalized spacial score (nSPS) is 18.9. The Kier molecular flexibility index (Phi) is 3.42. The molecule has 2 aromatic rings. The maximum absolute atomic E-state index is 12.8. The number of carbonyl (C=O) groups is 1. The van der Waals surface area contributed by atoms with Gasteiger partial charge in [-0.1, -0.05) is 6.07 Å². The predicted octanol–water partition coefficient (Wildman–Crippen LogP) is 3.16. The van der Waals surface area contributed by atoms with Crippen molar-refractivity contribution in [2.45, 2.75) is 12.6 Å². The molecule has 0 radical (unpaired) electrons. The van der Waals surface area contributed by atoms with E-state index in [1.807, 2.05) is 4.90 Å². The highest BCUT2D eigenvalue weighted by Gasteiger charge is 2.32. The molecular weight excluding hydrogens is 297 g/mol. The lowest BCUT2D eigenvalue weighted by Gasteiger charge is -2.20. The molecule has 1 aromatic heterocycles. The van der Waals surface area contributed by atoms with Crippen LogP contribution < -0.4 is 4.90 Å². The number of carboxylic acids is 1. The van der Waals surface area contributed by atoms with Crippen molar-refractivity contribution in [3.63, 3.8) is 0 Å². The number of aliphatic carboxylic acids is 1. The summed E-state index contributed by atoms with van der Waals surface area (Å²) in [5, 5.41) is 9.65. The van der Waals surface area contributed by atoms with Crippen LogP contribution in [0.15, 0.2) is 30.5 Å². The number of rotatable bonds is 2. The number of hydrogen-bond acceptors (Lipinski definition) is 3. The zero-order valence-corrected chi connectivity index (χ0v) is 11.5. The van der Waals surface area contributed by atoms with Crippen LogP contribution in [0, 0.1) is 5.92 Å². The molecule has 0 amide bonds. The monoisotopic (exact) mass is 310 g/mol. The first kappa shape index (κ1) is 14.6. The van der Waals surface area contributed by atoms with Crippen LogP contribution in [-0.2, 0) is 11.0 Å². The minimum absolute atomic E-state index is 0.256. The van der Waals surface area contributed by atoms with Gasteiger partial charge in [0.15, 0.2) is 0 Å². The SMILES string of the molecule is O=C(O)C1CCN(c2ccnc3cc(C(F)(F)F)ccc23)C1. The summed E-state index contributed by atoms with van der Waals surface area (Å²) in [6.07, 6.45) is -2.43. The Balaban J connectivity index is 2.00. The Labute approximate surface area is 124 Å². The van der Waals surface area contributed by atoms with Crippen molar-refractivity contribution in [1.82, 2.24) is 4.98 Å². The quantitative estimate of drug-likeness (QED) is 0.926. The van der Waals surface area contributed by atoms with Gasteiger partial charge < -0.3 is 10.0 Å². The van der Waals surface area contributed by atoms with Gasteiger partial charge >= 0.3 is 12.1 Å². The number of carboxylic acid groups (broad SMARTS) is 1. The van der Waals surface area contributed by atoms with Crippen molar-refractivity contribution in [2.75, 3.05) is 18.0 Å². The summed E-state index contributed by atoms with van der Waals surface area (Å²) >= 11 is 0. The molecule has 0 spiro atoms. The number of fused-ring (bicyclic) bond motifs is 1. The fourth-order valence-corrected chi connectivity index (χ4v) is 2.77. The van der Waals surface area contributed by atoms with Gasteiger partial charge in [-0.15, -0.1) is 0 Å². The van der Waals surface area contributed by atoms with E-state index < -0.39 is 23.6 Å². The summed E-state index contributed by atoms with van der Waals surface area (Å²) in [5.74, 6) is -1.29. The zero-order chi connectivity index (χ0) is 15.9. The number of hydrogen-bond donors (Lipinski definition) is 1. The van der Waals surface area contributed by atoms with E-state index in [1.54, 1.807) is 6.07 Å². The van der Waals surface area contributed by atoms with Crippen LogP contribution in [0.25, 0.3) is 10.9 Å². The largest absolute Gasteiger partial charge is 0.481 e. The molecule has 1 saturated heterocycles.